The van der Waals surface area contributed by atoms with Crippen molar-refractivity contribution in [1.82, 2.24) is 15.5 Å². The lowest BCUT2D eigenvalue weighted by Crippen LogP contribution is -2.42. The van der Waals surface area contributed by atoms with Crippen LogP contribution in [0.1, 0.15) is 29.3 Å². The Morgan fingerprint density at radius 2 is 2.04 bits per heavy atom. The smallest absolute Gasteiger partial charge is 0.191 e. The number of nitrogens with one attached hydrogen (secondary N) is 2. The summed E-state index contributed by atoms with van der Waals surface area (Å²) < 4.78 is 5.42. The van der Waals surface area contributed by atoms with Crippen molar-refractivity contribution >= 4 is 41.3 Å². The van der Waals surface area contributed by atoms with Gasteiger partial charge in [-0.2, -0.15) is 0 Å². The molecule has 2 N–H and O–H groups in total. The maximum absolute atomic E-state index is 5.42. The second kappa shape index (κ2) is 11.5. The normalized spacial score (nSPS) is 15.9. The van der Waals surface area contributed by atoms with E-state index in [0.717, 1.165) is 37.9 Å². The van der Waals surface area contributed by atoms with Crippen LogP contribution in [0.5, 0.6) is 5.75 Å². The standard InChI is InChI=1S/C20H28N4OS.HI/c1-21-20(22-14-18-9-6-12-26-18)23-15-19(24-10-3-4-11-24)16-7-5-8-17(13-16)25-2;/h5-9,12-13,19H,3-4,10-11,14-15H2,1-2H3,(H2,21,22,23);1H. The van der Waals surface area contributed by atoms with E-state index in [4.69, 9.17) is 4.74 Å². The quantitative estimate of drug-likeness (QED) is 0.344. The first-order valence-electron chi connectivity index (χ1n) is 9.15. The van der Waals surface area contributed by atoms with E-state index in [0.29, 0.717) is 6.04 Å². The van der Waals surface area contributed by atoms with Crippen LogP contribution >= 0.6 is 35.3 Å². The average Bonchev–Trinajstić information content (AvgIpc) is 3.38. The van der Waals surface area contributed by atoms with Gasteiger partial charge in [0.1, 0.15) is 5.75 Å². The molecule has 0 radical (unpaired) electrons. The first-order chi connectivity index (χ1) is 12.8. The molecule has 0 saturated carbocycles. The third-order valence-electron chi connectivity index (χ3n) is 4.76. The molecule has 0 amide bonds. The highest BCUT2D eigenvalue weighted by atomic mass is 127. The van der Waals surface area contributed by atoms with E-state index in [1.165, 1.54) is 23.3 Å². The molecule has 1 fully saturated rings. The maximum atomic E-state index is 5.42. The van der Waals surface area contributed by atoms with Gasteiger partial charge in [-0.05, 0) is 55.1 Å². The molecule has 1 aliphatic rings. The summed E-state index contributed by atoms with van der Waals surface area (Å²) in [4.78, 5) is 8.22. The SMILES string of the molecule is CN=C(NCc1cccs1)NCC(c1cccc(OC)c1)N1CCCC1.I. The van der Waals surface area contributed by atoms with Crippen LogP contribution in [-0.4, -0.2) is 44.7 Å². The van der Waals surface area contributed by atoms with Crippen LogP contribution in [0, 0.1) is 0 Å². The predicted molar refractivity (Wildman–Crippen MR) is 124 cm³/mol. The molecule has 2 aromatic rings. The molecule has 7 heteroatoms. The third-order valence-corrected chi connectivity index (χ3v) is 5.63. The number of aliphatic imine (C=N–C) groups is 1. The van der Waals surface area contributed by atoms with Crippen molar-refractivity contribution in [1.29, 1.82) is 0 Å². The number of likely N-dealkylation sites (tertiary alicyclic amines) is 1. The molecule has 1 aliphatic heterocycles. The van der Waals surface area contributed by atoms with Gasteiger partial charge >= 0.3 is 0 Å². The lowest BCUT2D eigenvalue weighted by Gasteiger charge is -2.29. The van der Waals surface area contributed by atoms with E-state index in [-0.39, 0.29) is 24.0 Å². The Morgan fingerprint density at radius 3 is 2.70 bits per heavy atom. The lowest BCUT2D eigenvalue weighted by atomic mass is 10.1. The molecule has 3 rings (SSSR count). The van der Waals surface area contributed by atoms with Crippen LogP contribution in [0.25, 0.3) is 0 Å². The summed E-state index contributed by atoms with van der Waals surface area (Å²) in [5.41, 5.74) is 1.28. The van der Waals surface area contributed by atoms with Gasteiger partial charge in [-0.25, -0.2) is 0 Å². The highest BCUT2D eigenvalue weighted by Gasteiger charge is 2.24. The third kappa shape index (κ3) is 6.36. The van der Waals surface area contributed by atoms with E-state index in [2.05, 4.69) is 56.2 Å². The summed E-state index contributed by atoms with van der Waals surface area (Å²) in [7, 11) is 3.54. The van der Waals surface area contributed by atoms with Crippen LogP contribution in [0.2, 0.25) is 0 Å². The molecule has 1 atom stereocenters. The zero-order valence-corrected chi connectivity index (χ0v) is 19.1. The monoisotopic (exact) mass is 500 g/mol. The van der Waals surface area contributed by atoms with E-state index in [1.54, 1.807) is 18.4 Å². The summed E-state index contributed by atoms with van der Waals surface area (Å²) >= 11 is 1.75. The van der Waals surface area contributed by atoms with Gasteiger partial charge in [-0.1, -0.05) is 18.2 Å². The van der Waals surface area contributed by atoms with E-state index < -0.39 is 0 Å². The minimum atomic E-state index is 0. The lowest BCUT2D eigenvalue weighted by molar-refractivity contribution is 0.245. The largest absolute Gasteiger partial charge is 0.497 e. The van der Waals surface area contributed by atoms with E-state index in [9.17, 15) is 0 Å². The fourth-order valence-electron chi connectivity index (χ4n) is 3.36. The molecule has 2 heterocycles. The summed E-state index contributed by atoms with van der Waals surface area (Å²) in [6, 6.07) is 12.9. The zero-order valence-electron chi connectivity index (χ0n) is 16.0. The van der Waals surface area contributed by atoms with Gasteiger partial charge in [-0.3, -0.25) is 9.89 Å². The first kappa shape index (κ1) is 22.0. The maximum Gasteiger partial charge on any atom is 0.191 e. The first-order valence-corrected chi connectivity index (χ1v) is 10.0. The number of hydrogen-bond donors (Lipinski definition) is 2. The fraction of sp³-hybridized carbons (Fsp3) is 0.450. The minimum absolute atomic E-state index is 0. The second-order valence-electron chi connectivity index (χ2n) is 6.42. The summed E-state index contributed by atoms with van der Waals surface area (Å²) in [6.07, 6.45) is 2.54. The topological polar surface area (TPSA) is 48.9 Å². The molecule has 0 bridgehead atoms. The highest BCUT2D eigenvalue weighted by Crippen LogP contribution is 2.27. The van der Waals surface area contributed by atoms with Crippen LogP contribution in [0.15, 0.2) is 46.8 Å². The highest BCUT2D eigenvalue weighted by molar-refractivity contribution is 14.0. The number of hydrogen-bond acceptors (Lipinski definition) is 4. The van der Waals surface area contributed by atoms with Gasteiger partial charge in [0.15, 0.2) is 5.96 Å². The van der Waals surface area contributed by atoms with Crippen molar-refractivity contribution in [3.8, 4) is 5.75 Å². The molecule has 1 unspecified atom stereocenters. The Hall–Kier alpha value is -1.32. The number of halogens is 1. The van der Waals surface area contributed by atoms with Crippen LogP contribution in [0.4, 0.5) is 0 Å². The summed E-state index contributed by atoms with van der Waals surface area (Å²) in [6.45, 7) is 3.90. The number of thiophene rings is 1. The number of ether oxygens (including phenoxy) is 1. The molecular formula is C20H29IN4OS. The van der Waals surface area contributed by atoms with Gasteiger partial charge in [0.05, 0.1) is 19.7 Å². The van der Waals surface area contributed by atoms with Crippen LogP contribution in [-0.2, 0) is 6.54 Å². The van der Waals surface area contributed by atoms with Crippen molar-refractivity contribution in [3.05, 3.63) is 52.2 Å². The molecule has 1 aromatic carbocycles. The molecule has 0 spiro atoms. The molecule has 27 heavy (non-hydrogen) atoms. The Bertz CT molecular complexity index is 702. The summed E-state index contributed by atoms with van der Waals surface area (Å²) in [5, 5.41) is 9.00. The Morgan fingerprint density at radius 1 is 1.22 bits per heavy atom. The van der Waals surface area contributed by atoms with E-state index in [1.807, 2.05) is 13.1 Å². The van der Waals surface area contributed by atoms with E-state index >= 15 is 0 Å². The van der Waals surface area contributed by atoms with Crippen molar-refractivity contribution in [3.63, 3.8) is 0 Å². The van der Waals surface area contributed by atoms with Gasteiger partial charge < -0.3 is 15.4 Å². The second-order valence-corrected chi connectivity index (χ2v) is 7.45. The van der Waals surface area contributed by atoms with Crippen molar-refractivity contribution in [2.75, 3.05) is 33.8 Å². The van der Waals surface area contributed by atoms with Gasteiger partial charge in [0, 0.05) is 18.5 Å². The summed E-state index contributed by atoms with van der Waals surface area (Å²) in [5.74, 6) is 1.75. The van der Waals surface area contributed by atoms with Gasteiger partial charge in [0.25, 0.3) is 0 Å². The van der Waals surface area contributed by atoms with Crippen molar-refractivity contribution in [2.24, 2.45) is 4.99 Å². The average molecular weight is 500 g/mol. The Kier molecular flexibility index (Phi) is 9.36. The van der Waals surface area contributed by atoms with Crippen LogP contribution < -0.4 is 15.4 Å². The number of benzene rings is 1. The van der Waals surface area contributed by atoms with Gasteiger partial charge in [-0.15, -0.1) is 35.3 Å². The predicted octanol–water partition coefficient (Wildman–Crippen LogP) is 3.88. The minimum Gasteiger partial charge on any atom is -0.497 e. The van der Waals surface area contributed by atoms with Crippen molar-refractivity contribution in [2.45, 2.75) is 25.4 Å². The van der Waals surface area contributed by atoms with Crippen molar-refractivity contribution < 1.29 is 4.74 Å². The molecule has 148 valence electrons. The zero-order chi connectivity index (χ0) is 18.2. The molecule has 1 aromatic heterocycles. The Balaban J connectivity index is 0.00000261. The molecule has 5 nitrogen and oxygen atoms in total. The fourth-order valence-corrected chi connectivity index (χ4v) is 4.00. The number of guanidine groups is 1. The van der Waals surface area contributed by atoms with Crippen LogP contribution in [0.3, 0.4) is 0 Å². The number of methoxy groups -OCH3 is 1. The Labute approximate surface area is 183 Å². The molecular weight excluding hydrogens is 471 g/mol. The van der Waals surface area contributed by atoms with Gasteiger partial charge in [0.2, 0.25) is 0 Å². The molecule has 1 saturated heterocycles. The number of rotatable bonds is 7. The number of nitrogens with zero attached hydrogens (tertiary/aromatic N) is 2. The molecule has 0 aliphatic carbocycles.